The Bertz CT molecular complexity index is 494. The number of hydrogen-bond donors (Lipinski definition) is 1. The highest BCUT2D eigenvalue weighted by Crippen LogP contribution is 2.44. The number of nitrogens with zero attached hydrogens (tertiary/aromatic N) is 1. The molecule has 2 unspecified atom stereocenters. The van der Waals surface area contributed by atoms with Crippen LogP contribution in [0.1, 0.15) is 37.6 Å². The van der Waals surface area contributed by atoms with Crippen LogP contribution in [0.4, 0.5) is 5.69 Å². The van der Waals surface area contributed by atoms with Gasteiger partial charge in [-0.3, -0.25) is 4.79 Å². The molecule has 0 saturated heterocycles. The molecule has 21 heavy (non-hydrogen) atoms. The monoisotopic (exact) mass is 290 g/mol. The quantitative estimate of drug-likeness (QED) is 0.906. The summed E-state index contributed by atoms with van der Waals surface area (Å²) in [6.07, 6.45) is 1.36. The third-order valence-electron chi connectivity index (χ3n) is 4.42. The molecule has 0 aromatic heterocycles. The highest BCUT2D eigenvalue weighted by Gasteiger charge is 2.48. The lowest BCUT2D eigenvalue weighted by Crippen LogP contribution is -2.58. The first-order valence-electron chi connectivity index (χ1n) is 7.56. The van der Waals surface area contributed by atoms with E-state index in [0.717, 1.165) is 18.7 Å². The topological polar surface area (TPSA) is 41.6 Å². The molecule has 2 atom stereocenters. The molecule has 1 aromatic carbocycles. The minimum absolute atomic E-state index is 0.0296. The average Bonchev–Trinajstić information content (AvgIpc) is 2.46. The van der Waals surface area contributed by atoms with E-state index < -0.39 is 0 Å². The van der Waals surface area contributed by atoms with Crippen molar-refractivity contribution in [2.24, 2.45) is 5.41 Å². The number of benzene rings is 1. The molecule has 1 aliphatic carbocycles. The maximum atomic E-state index is 11.9. The lowest BCUT2D eigenvalue weighted by Gasteiger charge is -2.52. The van der Waals surface area contributed by atoms with Crippen molar-refractivity contribution < 1.29 is 9.53 Å². The first-order chi connectivity index (χ1) is 9.86. The second kappa shape index (κ2) is 6.06. The SMILES string of the molecule is CCOC1CC(Nc2ccc(C(=O)N(C)C)cc2)C1(C)C. The van der Waals surface area contributed by atoms with Crippen LogP contribution in [0.2, 0.25) is 0 Å². The maximum Gasteiger partial charge on any atom is 0.253 e. The van der Waals surface area contributed by atoms with Crippen LogP contribution in [0.5, 0.6) is 0 Å². The number of rotatable bonds is 5. The number of ether oxygens (including phenoxy) is 1. The van der Waals surface area contributed by atoms with E-state index in [-0.39, 0.29) is 11.3 Å². The molecule has 1 aliphatic rings. The highest BCUT2D eigenvalue weighted by atomic mass is 16.5. The van der Waals surface area contributed by atoms with Crippen LogP contribution in [-0.2, 0) is 4.74 Å². The van der Waals surface area contributed by atoms with Gasteiger partial charge in [-0.2, -0.15) is 0 Å². The molecule has 1 fully saturated rings. The van der Waals surface area contributed by atoms with E-state index in [1.807, 2.05) is 31.2 Å². The number of amides is 1. The van der Waals surface area contributed by atoms with Gasteiger partial charge < -0.3 is 15.0 Å². The fourth-order valence-electron chi connectivity index (χ4n) is 2.78. The zero-order chi connectivity index (χ0) is 15.6. The molecule has 0 spiro atoms. The highest BCUT2D eigenvalue weighted by molar-refractivity contribution is 5.94. The van der Waals surface area contributed by atoms with Gasteiger partial charge in [-0.15, -0.1) is 0 Å². The Morgan fingerprint density at radius 2 is 1.95 bits per heavy atom. The van der Waals surface area contributed by atoms with Gasteiger partial charge in [0.2, 0.25) is 0 Å². The Morgan fingerprint density at radius 3 is 2.43 bits per heavy atom. The summed E-state index contributed by atoms with van der Waals surface area (Å²) in [5, 5.41) is 3.55. The summed E-state index contributed by atoms with van der Waals surface area (Å²) in [4.78, 5) is 13.4. The molecular formula is C17H26N2O2. The number of nitrogens with one attached hydrogen (secondary N) is 1. The Hall–Kier alpha value is -1.55. The number of carbonyl (C=O) groups excluding carboxylic acids is 1. The van der Waals surface area contributed by atoms with E-state index in [1.165, 1.54) is 0 Å². The molecule has 2 rings (SSSR count). The van der Waals surface area contributed by atoms with Gasteiger partial charge in [-0.1, -0.05) is 13.8 Å². The van der Waals surface area contributed by atoms with Gasteiger partial charge in [0.1, 0.15) is 0 Å². The van der Waals surface area contributed by atoms with Crippen LogP contribution in [0, 0.1) is 5.41 Å². The van der Waals surface area contributed by atoms with Crippen LogP contribution >= 0.6 is 0 Å². The molecule has 4 heteroatoms. The summed E-state index contributed by atoms with van der Waals surface area (Å²) in [5.74, 6) is 0.0296. The van der Waals surface area contributed by atoms with E-state index in [4.69, 9.17) is 4.74 Å². The summed E-state index contributed by atoms with van der Waals surface area (Å²) in [7, 11) is 3.53. The van der Waals surface area contributed by atoms with Crippen molar-refractivity contribution in [2.75, 3.05) is 26.0 Å². The smallest absolute Gasteiger partial charge is 0.253 e. The molecule has 1 saturated carbocycles. The van der Waals surface area contributed by atoms with Crippen molar-refractivity contribution in [2.45, 2.75) is 39.3 Å². The molecule has 0 bridgehead atoms. The number of hydrogen-bond acceptors (Lipinski definition) is 3. The van der Waals surface area contributed by atoms with Crippen molar-refractivity contribution in [1.29, 1.82) is 0 Å². The van der Waals surface area contributed by atoms with Crippen LogP contribution < -0.4 is 5.32 Å². The largest absolute Gasteiger partial charge is 0.382 e. The second-order valence-corrected chi connectivity index (χ2v) is 6.47. The summed E-state index contributed by atoms with van der Waals surface area (Å²) in [6.45, 7) is 7.27. The molecule has 1 amide bonds. The van der Waals surface area contributed by atoms with Crippen LogP contribution in [0.25, 0.3) is 0 Å². The molecule has 4 nitrogen and oxygen atoms in total. The third kappa shape index (κ3) is 3.21. The fraction of sp³-hybridized carbons (Fsp3) is 0.588. The van der Waals surface area contributed by atoms with Gasteiger partial charge in [-0.05, 0) is 37.6 Å². The normalized spacial score (nSPS) is 23.3. The minimum atomic E-state index is 0.0296. The lowest BCUT2D eigenvalue weighted by atomic mass is 9.64. The Labute approximate surface area is 127 Å². The zero-order valence-electron chi connectivity index (χ0n) is 13.6. The maximum absolute atomic E-state index is 11.9. The van der Waals surface area contributed by atoms with Gasteiger partial charge >= 0.3 is 0 Å². The lowest BCUT2D eigenvalue weighted by molar-refractivity contribution is -0.0975. The molecule has 0 aliphatic heterocycles. The predicted octanol–water partition coefficient (Wildman–Crippen LogP) is 3.00. The van der Waals surface area contributed by atoms with Crippen LogP contribution in [0.3, 0.4) is 0 Å². The van der Waals surface area contributed by atoms with Crippen molar-refractivity contribution in [3.8, 4) is 0 Å². The molecule has 0 radical (unpaired) electrons. The summed E-state index contributed by atoms with van der Waals surface area (Å²) in [6, 6.07) is 8.10. The first kappa shape index (κ1) is 15.8. The van der Waals surface area contributed by atoms with Gasteiger partial charge in [0, 0.05) is 43.4 Å². The van der Waals surface area contributed by atoms with Crippen molar-refractivity contribution in [3.05, 3.63) is 29.8 Å². The number of carbonyl (C=O) groups is 1. The van der Waals surface area contributed by atoms with E-state index in [1.54, 1.807) is 19.0 Å². The van der Waals surface area contributed by atoms with Crippen LogP contribution in [-0.4, -0.2) is 43.7 Å². The Morgan fingerprint density at radius 1 is 1.33 bits per heavy atom. The standard InChI is InChI=1S/C17H26N2O2/c1-6-21-15-11-14(17(15,2)3)18-13-9-7-12(8-10-13)16(20)19(4)5/h7-10,14-15,18H,6,11H2,1-5H3. The van der Waals surface area contributed by atoms with E-state index >= 15 is 0 Å². The van der Waals surface area contributed by atoms with Gasteiger partial charge in [0.25, 0.3) is 5.91 Å². The predicted molar refractivity (Wildman–Crippen MR) is 85.7 cm³/mol. The van der Waals surface area contributed by atoms with E-state index in [9.17, 15) is 4.79 Å². The molecule has 1 aromatic rings. The van der Waals surface area contributed by atoms with Gasteiger partial charge in [0.05, 0.1) is 6.10 Å². The molecule has 0 heterocycles. The van der Waals surface area contributed by atoms with Crippen molar-refractivity contribution in [3.63, 3.8) is 0 Å². The zero-order valence-corrected chi connectivity index (χ0v) is 13.6. The van der Waals surface area contributed by atoms with E-state index in [0.29, 0.717) is 17.7 Å². The minimum Gasteiger partial charge on any atom is -0.382 e. The van der Waals surface area contributed by atoms with E-state index in [2.05, 4.69) is 19.2 Å². The van der Waals surface area contributed by atoms with Gasteiger partial charge in [0.15, 0.2) is 0 Å². The van der Waals surface area contributed by atoms with Crippen LogP contribution in [0.15, 0.2) is 24.3 Å². The van der Waals surface area contributed by atoms with Crippen molar-refractivity contribution in [1.82, 2.24) is 4.90 Å². The summed E-state index contributed by atoms with van der Waals surface area (Å²) < 4.78 is 5.75. The molecule has 116 valence electrons. The Kier molecular flexibility index (Phi) is 4.57. The summed E-state index contributed by atoms with van der Waals surface area (Å²) in [5.41, 5.74) is 1.90. The van der Waals surface area contributed by atoms with Crippen molar-refractivity contribution >= 4 is 11.6 Å². The average molecular weight is 290 g/mol. The number of anilines is 1. The molecular weight excluding hydrogens is 264 g/mol. The van der Waals surface area contributed by atoms with Gasteiger partial charge in [-0.25, -0.2) is 0 Å². The third-order valence-corrected chi connectivity index (χ3v) is 4.42. The first-order valence-corrected chi connectivity index (χ1v) is 7.56. The molecule has 1 N–H and O–H groups in total. The summed E-state index contributed by atoms with van der Waals surface area (Å²) >= 11 is 0. The fourth-order valence-corrected chi connectivity index (χ4v) is 2.78. The Balaban J connectivity index is 1.97. The second-order valence-electron chi connectivity index (χ2n) is 6.47.